The molecule has 2 aromatic carbocycles. The first-order chi connectivity index (χ1) is 10.5. The van der Waals surface area contributed by atoms with Crippen LogP contribution in [0.5, 0.6) is 11.5 Å². The summed E-state index contributed by atoms with van der Waals surface area (Å²) < 4.78 is 5.80. The van der Waals surface area contributed by atoms with Crippen LogP contribution in [0.15, 0.2) is 42.5 Å². The molecule has 1 amide bonds. The third kappa shape index (κ3) is 4.23. The third-order valence-electron chi connectivity index (χ3n) is 3.46. The van der Waals surface area contributed by atoms with Crippen LogP contribution in [0.3, 0.4) is 0 Å². The Bertz CT molecular complexity index is 656. The van der Waals surface area contributed by atoms with Crippen LogP contribution in [0.2, 0.25) is 5.02 Å². The molecule has 5 heteroatoms. The number of nitrogens with two attached hydrogens (primary N) is 2. The van der Waals surface area contributed by atoms with Gasteiger partial charge in [-0.15, -0.1) is 0 Å². The van der Waals surface area contributed by atoms with E-state index in [1.165, 1.54) is 0 Å². The zero-order valence-electron chi connectivity index (χ0n) is 12.4. The highest BCUT2D eigenvalue weighted by Gasteiger charge is 2.13. The van der Waals surface area contributed by atoms with Gasteiger partial charge < -0.3 is 16.2 Å². The van der Waals surface area contributed by atoms with E-state index in [2.05, 4.69) is 0 Å². The van der Waals surface area contributed by atoms with E-state index < -0.39 is 0 Å². The molecule has 0 spiro atoms. The predicted octanol–water partition coefficient (Wildman–Crippen LogP) is 3.25. The van der Waals surface area contributed by atoms with Crippen LogP contribution in [-0.2, 0) is 17.8 Å². The van der Waals surface area contributed by atoms with E-state index in [-0.39, 0.29) is 11.8 Å². The molecular weight excluding hydrogens is 300 g/mol. The molecule has 2 aromatic rings. The normalized spacial score (nSPS) is 12.0. The number of amides is 1. The number of benzene rings is 2. The second-order valence-electron chi connectivity index (χ2n) is 5.20. The molecule has 0 fully saturated rings. The summed E-state index contributed by atoms with van der Waals surface area (Å²) in [4.78, 5) is 11.3. The average Bonchev–Trinajstić information content (AvgIpc) is 2.50. The van der Waals surface area contributed by atoms with Crippen LogP contribution >= 0.6 is 11.6 Å². The summed E-state index contributed by atoms with van der Waals surface area (Å²) in [6.45, 7) is 2.21. The lowest BCUT2D eigenvalue weighted by Gasteiger charge is -2.14. The van der Waals surface area contributed by atoms with E-state index >= 15 is 0 Å². The van der Waals surface area contributed by atoms with Gasteiger partial charge in [0, 0.05) is 17.5 Å². The second-order valence-corrected chi connectivity index (χ2v) is 5.63. The number of hydrogen-bond acceptors (Lipinski definition) is 3. The molecule has 0 aliphatic rings. The number of carbonyl (C=O) groups excluding carboxylic acids is 1. The Hall–Kier alpha value is -2.04. The van der Waals surface area contributed by atoms with E-state index in [0.717, 1.165) is 11.1 Å². The Morgan fingerprint density at radius 2 is 1.77 bits per heavy atom. The van der Waals surface area contributed by atoms with E-state index in [4.69, 9.17) is 27.8 Å². The lowest BCUT2D eigenvalue weighted by molar-refractivity contribution is -0.121. The number of ether oxygens (including phenoxy) is 1. The van der Waals surface area contributed by atoms with Crippen LogP contribution in [0, 0.1) is 5.92 Å². The van der Waals surface area contributed by atoms with Crippen molar-refractivity contribution in [3.05, 3.63) is 58.6 Å². The van der Waals surface area contributed by atoms with Gasteiger partial charge in [-0.2, -0.15) is 0 Å². The van der Waals surface area contributed by atoms with Crippen LogP contribution < -0.4 is 16.2 Å². The summed E-state index contributed by atoms with van der Waals surface area (Å²) in [7, 11) is 0. The van der Waals surface area contributed by atoms with Gasteiger partial charge in [-0.25, -0.2) is 0 Å². The van der Waals surface area contributed by atoms with Crippen molar-refractivity contribution in [2.75, 3.05) is 0 Å². The largest absolute Gasteiger partial charge is 0.457 e. The van der Waals surface area contributed by atoms with Crippen molar-refractivity contribution < 1.29 is 9.53 Å². The molecule has 0 heterocycles. The predicted molar refractivity (Wildman–Crippen MR) is 87.9 cm³/mol. The first-order valence-electron chi connectivity index (χ1n) is 7.04. The Morgan fingerprint density at radius 1 is 1.14 bits per heavy atom. The summed E-state index contributed by atoms with van der Waals surface area (Å²) in [5.41, 5.74) is 13.0. The maximum atomic E-state index is 11.3. The molecule has 0 saturated heterocycles. The van der Waals surface area contributed by atoms with Gasteiger partial charge in [-0.3, -0.25) is 4.79 Å². The maximum absolute atomic E-state index is 11.3. The smallest absolute Gasteiger partial charge is 0.220 e. The molecule has 0 radical (unpaired) electrons. The van der Waals surface area contributed by atoms with Crippen molar-refractivity contribution in [3.63, 3.8) is 0 Å². The van der Waals surface area contributed by atoms with E-state index in [9.17, 15) is 4.79 Å². The fourth-order valence-electron chi connectivity index (χ4n) is 2.12. The second kappa shape index (κ2) is 7.29. The Labute approximate surface area is 135 Å². The molecule has 1 atom stereocenters. The molecular formula is C17H19ClN2O2. The number of primary amides is 1. The molecule has 116 valence electrons. The van der Waals surface area contributed by atoms with Crippen molar-refractivity contribution in [2.45, 2.75) is 19.9 Å². The van der Waals surface area contributed by atoms with Gasteiger partial charge in [-0.05, 0) is 53.9 Å². The summed E-state index contributed by atoms with van der Waals surface area (Å²) in [5, 5.41) is 0.654. The molecule has 1 unspecified atom stereocenters. The van der Waals surface area contributed by atoms with Crippen LogP contribution in [0.4, 0.5) is 0 Å². The minimum atomic E-state index is -0.327. The van der Waals surface area contributed by atoms with Crippen molar-refractivity contribution in [1.29, 1.82) is 0 Å². The van der Waals surface area contributed by atoms with Crippen molar-refractivity contribution in [2.24, 2.45) is 17.4 Å². The van der Waals surface area contributed by atoms with Crippen LogP contribution in [-0.4, -0.2) is 5.91 Å². The summed E-state index contributed by atoms with van der Waals surface area (Å²) >= 11 is 5.85. The first kappa shape index (κ1) is 16.3. The molecule has 0 aliphatic heterocycles. The minimum absolute atomic E-state index is 0.254. The highest BCUT2D eigenvalue weighted by atomic mass is 35.5. The maximum Gasteiger partial charge on any atom is 0.220 e. The monoisotopic (exact) mass is 318 g/mol. The molecule has 0 bridgehead atoms. The summed E-state index contributed by atoms with van der Waals surface area (Å²) in [6.07, 6.45) is 0.541. The highest BCUT2D eigenvalue weighted by Crippen LogP contribution is 2.26. The minimum Gasteiger partial charge on any atom is -0.457 e. The SMILES string of the molecule is CC(Cc1cc(Oc2ccc(Cl)cc2)ccc1CN)C(N)=O. The zero-order chi connectivity index (χ0) is 16.1. The standard InChI is InChI=1S/C17H19ClN2O2/c1-11(17(20)21)8-13-9-16(5-2-12(13)10-19)22-15-6-3-14(18)4-7-15/h2-7,9,11H,8,10,19H2,1H3,(H2,20,21). The number of carbonyl (C=O) groups is 1. The zero-order valence-corrected chi connectivity index (χ0v) is 13.1. The lowest BCUT2D eigenvalue weighted by Crippen LogP contribution is -2.23. The van der Waals surface area contributed by atoms with E-state index in [1.54, 1.807) is 31.2 Å². The lowest BCUT2D eigenvalue weighted by atomic mass is 9.96. The van der Waals surface area contributed by atoms with Gasteiger partial charge in [0.1, 0.15) is 11.5 Å². The van der Waals surface area contributed by atoms with Crippen LogP contribution in [0.1, 0.15) is 18.1 Å². The fraction of sp³-hybridized carbons (Fsp3) is 0.235. The number of rotatable bonds is 6. The summed E-state index contributed by atoms with van der Waals surface area (Å²) in [6, 6.07) is 12.8. The van der Waals surface area contributed by atoms with E-state index in [0.29, 0.717) is 29.5 Å². The Balaban J connectivity index is 2.22. The molecule has 0 saturated carbocycles. The molecule has 4 nitrogen and oxygen atoms in total. The van der Waals surface area contributed by atoms with Crippen molar-refractivity contribution in [1.82, 2.24) is 0 Å². The van der Waals surface area contributed by atoms with Gasteiger partial charge >= 0.3 is 0 Å². The highest BCUT2D eigenvalue weighted by molar-refractivity contribution is 6.30. The van der Waals surface area contributed by atoms with Gasteiger partial charge in [-0.1, -0.05) is 24.6 Å². The Morgan fingerprint density at radius 3 is 2.36 bits per heavy atom. The molecule has 4 N–H and O–H groups in total. The Kier molecular flexibility index (Phi) is 5.41. The van der Waals surface area contributed by atoms with Crippen LogP contribution in [0.25, 0.3) is 0 Å². The fourth-order valence-corrected chi connectivity index (χ4v) is 2.25. The van der Waals surface area contributed by atoms with Crippen molar-refractivity contribution in [3.8, 4) is 11.5 Å². The average molecular weight is 319 g/mol. The third-order valence-corrected chi connectivity index (χ3v) is 3.71. The van der Waals surface area contributed by atoms with Gasteiger partial charge in [0.25, 0.3) is 0 Å². The van der Waals surface area contributed by atoms with Crippen molar-refractivity contribution >= 4 is 17.5 Å². The summed E-state index contributed by atoms with van der Waals surface area (Å²) in [5.74, 6) is 0.799. The molecule has 0 aliphatic carbocycles. The molecule has 2 rings (SSSR count). The topological polar surface area (TPSA) is 78.3 Å². The van der Waals surface area contributed by atoms with Gasteiger partial charge in [0.2, 0.25) is 5.91 Å². The molecule has 22 heavy (non-hydrogen) atoms. The van der Waals surface area contributed by atoms with Gasteiger partial charge in [0.15, 0.2) is 0 Å². The van der Waals surface area contributed by atoms with E-state index in [1.807, 2.05) is 18.2 Å². The first-order valence-corrected chi connectivity index (χ1v) is 7.42. The molecule has 0 aromatic heterocycles. The van der Waals surface area contributed by atoms with Gasteiger partial charge in [0.05, 0.1) is 0 Å². The quantitative estimate of drug-likeness (QED) is 0.858. The number of hydrogen-bond donors (Lipinski definition) is 2. The number of halogens is 1.